The normalized spacial score (nSPS) is 23.2. The van der Waals surface area contributed by atoms with E-state index in [9.17, 15) is 4.79 Å². The molecule has 0 aromatic heterocycles. The maximum absolute atomic E-state index is 12.8. The number of nitrogens with two attached hydrogens (primary N) is 1. The Morgan fingerprint density at radius 2 is 1.88 bits per heavy atom. The van der Waals surface area contributed by atoms with Gasteiger partial charge in [0.1, 0.15) is 6.10 Å². The van der Waals surface area contributed by atoms with E-state index in [1.807, 2.05) is 4.90 Å². The number of nitrogens with zero attached hydrogens (tertiary/aromatic N) is 1. The van der Waals surface area contributed by atoms with E-state index in [-0.39, 0.29) is 30.5 Å². The second kappa shape index (κ2) is 8.32. The molecule has 1 aliphatic heterocycles. The summed E-state index contributed by atoms with van der Waals surface area (Å²) in [4.78, 5) is 14.8. The van der Waals surface area contributed by atoms with Gasteiger partial charge >= 0.3 is 0 Å². The highest BCUT2D eigenvalue weighted by Crippen LogP contribution is 2.31. The van der Waals surface area contributed by atoms with Gasteiger partial charge in [-0.3, -0.25) is 4.79 Å². The van der Waals surface area contributed by atoms with Crippen LogP contribution in [0.25, 0.3) is 0 Å². The van der Waals surface area contributed by atoms with Crippen molar-refractivity contribution in [1.82, 2.24) is 4.90 Å². The molecule has 2 fully saturated rings. The van der Waals surface area contributed by atoms with Crippen LogP contribution < -0.4 is 5.73 Å². The number of ether oxygens (including phenoxy) is 1. The summed E-state index contributed by atoms with van der Waals surface area (Å²) in [6, 6.07) is 9.04. The third-order valence-electron chi connectivity index (χ3n) is 4.92. The van der Waals surface area contributed by atoms with Crippen LogP contribution >= 0.6 is 12.4 Å². The van der Waals surface area contributed by atoms with Gasteiger partial charge in [-0.25, -0.2) is 0 Å². The average molecular weight is 353 g/mol. The fourth-order valence-electron chi connectivity index (χ4n) is 3.22. The smallest absolute Gasteiger partial charge is 0.252 e. The zero-order valence-corrected chi connectivity index (χ0v) is 15.4. The lowest BCUT2D eigenvalue weighted by Crippen LogP contribution is -2.40. The van der Waals surface area contributed by atoms with Crippen LogP contribution in [0, 0.1) is 0 Å². The maximum Gasteiger partial charge on any atom is 0.252 e. The van der Waals surface area contributed by atoms with Crippen molar-refractivity contribution in [2.75, 3.05) is 6.54 Å². The van der Waals surface area contributed by atoms with Crippen LogP contribution in [0.2, 0.25) is 0 Å². The van der Waals surface area contributed by atoms with Crippen molar-refractivity contribution < 1.29 is 9.53 Å². The standard InChI is InChI=1S/C19H28N2O2.ClH/c1-13(2)15-5-3-14(4-6-15)12-21(16-7-8-16)19(22)18-10-9-17(11-20)23-18;/h3-6,13,16-18H,7-12,20H2,1-2H3;1H/t17-,18+;/m1./s1. The van der Waals surface area contributed by atoms with E-state index in [4.69, 9.17) is 10.5 Å². The zero-order valence-electron chi connectivity index (χ0n) is 14.6. The highest BCUT2D eigenvalue weighted by molar-refractivity contribution is 5.85. The van der Waals surface area contributed by atoms with Crippen LogP contribution in [0.4, 0.5) is 0 Å². The first kappa shape index (κ1) is 19.2. The first-order valence-electron chi connectivity index (χ1n) is 8.83. The molecule has 0 unspecified atom stereocenters. The third-order valence-corrected chi connectivity index (χ3v) is 4.92. The van der Waals surface area contributed by atoms with Gasteiger partial charge in [0.2, 0.25) is 0 Å². The SMILES string of the molecule is CC(C)c1ccc(CN(C(=O)[C@@H]2CC[C@H](CN)O2)C2CC2)cc1.Cl. The second-order valence-corrected chi connectivity index (χ2v) is 7.15. The van der Waals surface area contributed by atoms with Crippen LogP contribution in [-0.2, 0) is 16.1 Å². The number of rotatable bonds is 6. The molecule has 134 valence electrons. The van der Waals surface area contributed by atoms with Gasteiger partial charge in [-0.2, -0.15) is 0 Å². The van der Waals surface area contributed by atoms with Crippen LogP contribution in [0.5, 0.6) is 0 Å². The van der Waals surface area contributed by atoms with Gasteiger partial charge in [-0.15, -0.1) is 12.4 Å². The molecule has 5 heteroatoms. The van der Waals surface area contributed by atoms with E-state index in [0.717, 1.165) is 25.7 Å². The second-order valence-electron chi connectivity index (χ2n) is 7.15. The van der Waals surface area contributed by atoms with E-state index in [0.29, 0.717) is 25.0 Å². The van der Waals surface area contributed by atoms with Gasteiger partial charge < -0.3 is 15.4 Å². The summed E-state index contributed by atoms with van der Waals surface area (Å²) in [6.45, 7) is 5.58. The summed E-state index contributed by atoms with van der Waals surface area (Å²) >= 11 is 0. The van der Waals surface area contributed by atoms with Crippen LogP contribution in [0.1, 0.15) is 56.6 Å². The molecule has 2 aliphatic rings. The quantitative estimate of drug-likeness (QED) is 0.855. The molecule has 0 spiro atoms. The van der Waals surface area contributed by atoms with Crippen molar-refractivity contribution in [1.29, 1.82) is 0 Å². The summed E-state index contributed by atoms with van der Waals surface area (Å²) in [5.74, 6) is 0.682. The lowest BCUT2D eigenvalue weighted by atomic mass is 10.0. The number of halogens is 1. The number of carbonyl (C=O) groups excluding carboxylic acids is 1. The van der Waals surface area contributed by atoms with E-state index >= 15 is 0 Å². The van der Waals surface area contributed by atoms with Crippen LogP contribution in [0.3, 0.4) is 0 Å². The van der Waals surface area contributed by atoms with Gasteiger partial charge in [0.05, 0.1) is 6.10 Å². The fourth-order valence-corrected chi connectivity index (χ4v) is 3.22. The van der Waals surface area contributed by atoms with E-state index in [1.165, 1.54) is 11.1 Å². The average Bonchev–Trinajstić information content (AvgIpc) is 3.28. The molecule has 0 radical (unpaired) electrons. The minimum Gasteiger partial charge on any atom is -0.364 e. The molecule has 4 nitrogen and oxygen atoms in total. The molecule has 1 saturated heterocycles. The lowest BCUT2D eigenvalue weighted by molar-refractivity contribution is -0.144. The van der Waals surface area contributed by atoms with E-state index in [2.05, 4.69) is 38.1 Å². The minimum atomic E-state index is -0.293. The van der Waals surface area contributed by atoms with Crippen molar-refractivity contribution in [2.24, 2.45) is 5.73 Å². The molecule has 1 amide bonds. The van der Waals surface area contributed by atoms with E-state index in [1.54, 1.807) is 0 Å². The molecule has 1 aromatic carbocycles. The van der Waals surface area contributed by atoms with Crippen molar-refractivity contribution in [2.45, 2.75) is 70.2 Å². The van der Waals surface area contributed by atoms with Crippen molar-refractivity contribution in [3.63, 3.8) is 0 Å². The van der Waals surface area contributed by atoms with Gasteiger partial charge in [0.25, 0.3) is 5.91 Å². The summed E-state index contributed by atoms with van der Waals surface area (Å²) in [6.07, 6.45) is 3.69. The molecular weight excluding hydrogens is 324 g/mol. The first-order chi connectivity index (χ1) is 11.1. The largest absolute Gasteiger partial charge is 0.364 e. The number of hydrogen-bond donors (Lipinski definition) is 1. The van der Waals surface area contributed by atoms with Gasteiger partial charge in [0, 0.05) is 19.1 Å². The summed E-state index contributed by atoms with van der Waals surface area (Å²) in [7, 11) is 0. The Kier molecular flexibility index (Phi) is 6.67. The summed E-state index contributed by atoms with van der Waals surface area (Å²) in [5, 5.41) is 0. The first-order valence-corrected chi connectivity index (χ1v) is 8.83. The topological polar surface area (TPSA) is 55.6 Å². The summed E-state index contributed by atoms with van der Waals surface area (Å²) in [5.41, 5.74) is 8.19. The Morgan fingerprint density at radius 3 is 2.38 bits per heavy atom. The molecule has 2 atom stereocenters. The number of carbonyl (C=O) groups is 1. The Bertz CT molecular complexity index is 543. The van der Waals surface area contributed by atoms with E-state index < -0.39 is 0 Å². The van der Waals surface area contributed by atoms with Gasteiger partial charge in [-0.1, -0.05) is 38.1 Å². The van der Waals surface area contributed by atoms with Crippen LogP contribution in [-0.4, -0.2) is 35.6 Å². The molecule has 2 N–H and O–H groups in total. The van der Waals surface area contributed by atoms with Crippen molar-refractivity contribution in [3.8, 4) is 0 Å². The summed E-state index contributed by atoms with van der Waals surface area (Å²) < 4.78 is 5.80. The molecule has 1 aliphatic carbocycles. The lowest BCUT2D eigenvalue weighted by Gasteiger charge is -2.26. The number of amides is 1. The number of hydrogen-bond acceptors (Lipinski definition) is 3. The maximum atomic E-state index is 12.8. The number of benzene rings is 1. The van der Waals surface area contributed by atoms with Gasteiger partial charge in [0.15, 0.2) is 0 Å². The van der Waals surface area contributed by atoms with Crippen LogP contribution in [0.15, 0.2) is 24.3 Å². The molecule has 24 heavy (non-hydrogen) atoms. The monoisotopic (exact) mass is 352 g/mol. The Balaban J connectivity index is 0.00000208. The Hall–Kier alpha value is -1.10. The zero-order chi connectivity index (χ0) is 16.4. The Morgan fingerprint density at radius 1 is 1.21 bits per heavy atom. The molecule has 3 rings (SSSR count). The minimum absolute atomic E-state index is 0. The molecule has 0 bridgehead atoms. The Labute approximate surface area is 151 Å². The molecule has 1 aromatic rings. The van der Waals surface area contributed by atoms with Gasteiger partial charge in [-0.05, 0) is 42.7 Å². The molecular formula is C19H29ClN2O2. The fraction of sp³-hybridized carbons (Fsp3) is 0.632. The van der Waals surface area contributed by atoms with Crippen molar-refractivity contribution >= 4 is 18.3 Å². The van der Waals surface area contributed by atoms with Crippen molar-refractivity contribution in [3.05, 3.63) is 35.4 Å². The molecule has 1 heterocycles. The molecule has 1 saturated carbocycles. The predicted molar refractivity (Wildman–Crippen MR) is 98.3 cm³/mol. The third kappa shape index (κ3) is 4.50. The highest BCUT2D eigenvalue weighted by atomic mass is 35.5. The predicted octanol–water partition coefficient (Wildman–Crippen LogP) is 3.23. The highest BCUT2D eigenvalue weighted by Gasteiger charge is 2.39.